The summed E-state index contributed by atoms with van der Waals surface area (Å²) in [5.74, 6) is 3.21. The van der Waals surface area contributed by atoms with Crippen LogP contribution in [0.2, 0.25) is 0 Å². The molecule has 134 valence electrons. The molecule has 5 aromatic rings. The second-order valence-corrected chi connectivity index (χ2v) is 7.22. The molecule has 0 aliphatic carbocycles. The summed E-state index contributed by atoms with van der Waals surface area (Å²) in [7, 11) is 0. The van der Waals surface area contributed by atoms with Crippen LogP contribution in [0.25, 0.3) is 32.3 Å². The standard InChI is InChI=1S/C26H18O2/c1-2-16-15-23-24(20-12-6-3-9-17(16)20)28-26-22-14-8-5-11-19(22)18-10-4-7-13-21(18)25(26)27-23/h3-15H,2H2,1H3. The largest absolute Gasteiger partial charge is 0.449 e. The Morgan fingerprint density at radius 3 is 1.57 bits per heavy atom. The first kappa shape index (κ1) is 15.5. The van der Waals surface area contributed by atoms with Gasteiger partial charge in [0, 0.05) is 16.2 Å². The van der Waals surface area contributed by atoms with Crippen LogP contribution < -0.4 is 9.47 Å². The molecule has 0 saturated carbocycles. The topological polar surface area (TPSA) is 18.5 Å². The second kappa shape index (κ2) is 5.74. The number of hydrogen-bond acceptors (Lipinski definition) is 2. The van der Waals surface area contributed by atoms with E-state index in [4.69, 9.17) is 9.47 Å². The Hall–Kier alpha value is -3.52. The highest BCUT2D eigenvalue weighted by molar-refractivity contribution is 6.14. The fraction of sp³-hybridized carbons (Fsp3) is 0.0769. The van der Waals surface area contributed by atoms with Gasteiger partial charge in [0.15, 0.2) is 23.0 Å². The molecule has 1 aliphatic rings. The highest BCUT2D eigenvalue weighted by Crippen LogP contribution is 2.54. The molecule has 1 aliphatic heterocycles. The predicted molar refractivity (Wildman–Crippen MR) is 115 cm³/mol. The van der Waals surface area contributed by atoms with Crippen LogP contribution >= 0.6 is 0 Å². The zero-order valence-corrected chi connectivity index (χ0v) is 15.5. The minimum Gasteiger partial charge on any atom is -0.449 e. The maximum absolute atomic E-state index is 6.59. The van der Waals surface area contributed by atoms with E-state index in [-0.39, 0.29) is 0 Å². The normalized spacial score (nSPS) is 12.5. The van der Waals surface area contributed by atoms with Gasteiger partial charge in [0.1, 0.15) is 0 Å². The zero-order chi connectivity index (χ0) is 18.7. The van der Waals surface area contributed by atoms with Crippen molar-refractivity contribution in [3.63, 3.8) is 0 Å². The van der Waals surface area contributed by atoms with Gasteiger partial charge < -0.3 is 9.47 Å². The first-order valence-electron chi connectivity index (χ1n) is 9.69. The molecule has 0 saturated heterocycles. The highest BCUT2D eigenvalue weighted by Gasteiger charge is 2.26. The first-order chi connectivity index (χ1) is 13.8. The van der Waals surface area contributed by atoms with Crippen LogP contribution in [-0.2, 0) is 6.42 Å². The van der Waals surface area contributed by atoms with Crippen molar-refractivity contribution in [3.8, 4) is 23.0 Å². The third kappa shape index (κ3) is 2.03. The number of rotatable bonds is 1. The van der Waals surface area contributed by atoms with Crippen LogP contribution in [0.15, 0.2) is 78.9 Å². The van der Waals surface area contributed by atoms with Gasteiger partial charge in [-0.15, -0.1) is 0 Å². The molecule has 6 rings (SSSR count). The Labute approximate surface area is 162 Å². The molecule has 0 unspecified atom stereocenters. The Bertz CT molecular complexity index is 1400. The molecule has 0 atom stereocenters. The van der Waals surface area contributed by atoms with Crippen LogP contribution in [-0.4, -0.2) is 0 Å². The fourth-order valence-electron chi connectivity index (χ4n) is 4.36. The van der Waals surface area contributed by atoms with Gasteiger partial charge in [0.25, 0.3) is 0 Å². The Balaban J connectivity index is 1.72. The number of fused-ring (bicyclic) bond motifs is 9. The van der Waals surface area contributed by atoms with E-state index in [9.17, 15) is 0 Å². The minimum atomic E-state index is 0.795. The van der Waals surface area contributed by atoms with E-state index in [0.29, 0.717) is 0 Å². The van der Waals surface area contributed by atoms with E-state index in [1.54, 1.807) is 0 Å². The van der Waals surface area contributed by atoms with Gasteiger partial charge in [0.2, 0.25) is 0 Å². The number of aryl methyl sites for hydroxylation is 1. The van der Waals surface area contributed by atoms with Crippen molar-refractivity contribution in [2.75, 3.05) is 0 Å². The number of ether oxygens (including phenoxy) is 2. The van der Waals surface area contributed by atoms with Crippen LogP contribution in [0.3, 0.4) is 0 Å². The van der Waals surface area contributed by atoms with E-state index in [2.05, 4.69) is 79.7 Å². The molecule has 2 heteroatoms. The molecular weight excluding hydrogens is 344 g/mol. The van der Waals surface area contributed by atoms with Crippen molar-refractivity contribution in [1.29, 1.82) is 0 Å². The monoisotopic (exact) mass is 362 g/mol. The summed E-state index contributed by atoms with van der Waals surface area (Å²) >= 11 is 0. The highest BCUT2D eigenvalue weighted by atomic mass is 16.6. The number of hydrogen-bond donors (Lipinski definition) is 0. The van der Waals surface area contributed by atoms with E-state index < -0.39 is 0 Å². The third-order valence-electron chi connectivity index (χ3n) is 5.68. The lowest BCUT2D eigenvalue weighted by molar-refractivity contribution is 0.370. The maximum atomic E-state index is 6.59. The molecule has 1 heterocycles. The Kier molecular flexibility index (Phi) is 3.18. The van der Waals surface area contributed by atoms with E-state index in [1.807, 2.05) is 6.07 Å². The Morgan fingerprint density at radius 2 is 1.00 bits per heavy atom. The maximum Gasteiger partial charge on any atom is 0.178 e. The smallest absolute Gasteiger partial charge is 0.178 e. The molecule has 0 fully saturated rings. The molecular formula is C26H18O2. The van der Waals surface area contributed by atoms with Crippen LogP contribution in [0.1, 0.15) is 12.5 Å². The van der Waals surface area contributed by atoms with Gasteiger partial charge in [-0.1, -0.05) is 79.7 Å². The van der Waals surface area contributed by atoms with Crippen LogP contribution in [0.4, 0.5) is 0 Å². The summed E-state index contributed by atoms with van der Waals surface area (Å²) in [6.07, 6.45) is 0.947. The van der Waals surface area contributed by atoms with Crippen molar-refractivity contribution in [1.82, 2.24) is 0 Å². The molecule has 28 heavy (non-hydrogen) atoms. The summed E-state index contributed by atoms with van der Waals surface area (Å²) in [5.41, 5.74) is 1.27. The average molecular weight is 362 g/mol. The lowest BCUT2D eigenvalue weighted by Crippen LogP contribution is -2.02. The van der Waals surface area contributed by atoms with E-state index >= 15 is 0 Å². The van der Waals surface area contributed by atoms with Crippen molar-refractivity contribution in [2.24, 2.45) is 0 Å². The van der Waals surface area contributed by atoms with Crippen molar-refractivity contribution < 1.29 is 9.47 Å². The summed E-state index contributed by atoms with van der Waals surface area (Å²) in [6, 6.07) is 27.3. The molecule has 0 aromatic heterocycles. The molecule has 2 nitrogen and oxygen atoms in total. The van der Waals surface area contributed by atoms with Crippen molar-refractivity contribution in [2.45, 2.75) is 13.3 Å². The number of benzene rings is 5. The summed E-state index contributed by atoms with van der Waals surface area (Å²) in [4.78, 5) is 0. The molecule has 0 spiro atoms. The SMILES string of the molecule is CCc1cc2c(c3ccccc13)Oc1c(c3ccccc3c3ccccc13)O2. The summed E-state index contributed by atoms with van der Waals surface area (Å²) < 4.78 is 13.1. The van der Waals surface area contributed by atoms with Crippen LogP contribution in [0.5, 0.6) is 23.0 Å². The summed E-state index contributed by atoms with van der Waals surface area (Å²) in [5, 5.41) is 6.83. The molecule has 0 N–H and O–H groups in total. The minimum absolute atomic E-state index is 0.795. The molecule has 0 radical (unpaired) electrons. The molecule has 0 amide bonds. The first-order valence-corrected chi connectivity index (χ1v) is 9.69. The van der Waals surface area contributed by atoms with Gasteiger partial charge in [-0.3, -0.25) is 0 Å². The van der Waals surface area contributed by atoms with E-state index in [1.165, 1.54) is 21.7 Å². The van der Waals surface area contributed by atoms with Crippen LogP contribution in [0, 0.1) is 0 Å². The lowest BCUT2D eigenvalue weighted by atomic mass is 9.98. The molecule has 5 aromatic carbocycles. The zero-order valence-electron chi connectivity index (χ0n) is 15.5. The third-order valence-corrected chi connectivity index (χ3v) is 5.68. The quantitative estimate of drug-likeness (QED) is 0.280. The Morgan fingerprint density at radius 1 is 0.536 bits per heavy atom. The van der Waals surface area contributed by atoms with Gasteiger partial charge in [-0.25, -0.2) is 0 Å². The van der Waals surface area contributed by atoms with Gasteiger partial charge in [-0.05, 0) is 34.2 Å². The molecule has 0 bridgehead atoms. The van der Waals surface area contributed by atoms with E-state index in [0.717, 1.165) is 45.6 Å². The lowest BCUT2D eigenvalue weighted by Gasteiger charge is -2.26. The van der Waals surface area contributed by atoms with Crippen molar-refractivity contribution >= 4 is 32.3 Å². The second-order valence-electron chi connectivity index (χ2n) is 7.22. The summed E-state index contributed by atoms with van der Waals surface area (Å²) in [6.45, 7) is 2.18. The predicted octanol–water partition coefficient (Wildman–Crippen LogP) is 7.61. The average Bonchev–Trinajstić information content (AvgIpc) is 2.77. The fourth-order valence-corrected chi connectivity index (χ4v) is 4.36. The van der Waals surface area contributed by atoms with Gasteiger partial charge in [0.05, 0.1) is 0 Å². The van der Waals surface area contributed by atoms with Gasteiger partial charge in [-0.2, -0.15) is 0 Å². The van der Waals surface area contributed by atoms with Gasteiger partial charge >= 0.3 is 0 Å². The van der Waals surface area contributed by atoms with Crippen molar-refractivity contribution in [3.05, 3.63) is 84.4 Å².